The van der Waals surface area contributed by atoms with Gasteiger partial charge >= 0.3 is 0 Å². The minimum absolute atomic E-state index is 0.307. The van der Waals surface area contributed by atoms with E-state index in [0.717, 1.165) is 17.6 Å². The highest BCUT2D eigenvalue weighted by Crippen LogP contribution is 2.40. The number of rotatable bonds is 4. The molecular weight excluding hydrogens is 300 g/mol. The Hall–Kier alpha value is -0.380. The maximum atomic E-state index is 6.39. The van der Waals surface area contributed by atoms with Gasteiger partial charge in [0, 0.05) is 23.6 Å². The third kappa shape index (κ3) is 3.80. The predicted octanol–water partition coefficient (Wildman–Crippen LogP) is 3.64. The fourth-order valence-electron chi connectivity index (χ4n) is 3.16. The lowest BCUT2D eigenvalue weighted by atomic mass is 9.85. The van der Waals surface area contributed by atoms with Gasteiger partial charge in [-0.1, -0.05) is 41.9 Å². The van der Waals surface area contributed by atoms with Gasteiger partial charge < -0.3 is 10.6 Å². The number of nitrogens with zero attached hydrogens (tertiary/aromatic N) is 1. The Bertz CT molecular complexity index is 431. The first-order valence-electron chi connectivity index (χ1n) is 7.07. The Morgan fingerprint density at radius 1 is 1.42 bits per heavy atom. The second-order valence-electron chi connectivity index (χ2n) is 6.64. The molecule has 0 aliphatic heterocycles. The molecule has 1 saturated carbocycles. The highest BCUT2D eigenvalue weighted by Gasteiger charge is 2.39. The van der Waals surface area contributed by atoms with Crippen molar-refractivity contribution in [3.05, 3.63) is 34.3 Å². The normalized spacial score (nSPS) is 26.0. The van der Waals surface area contributed by atoms with Crippen molar-refractivity contribution in [3.63, 3.8) is 0 Å². The Morgan fingerprint density at radius 3 is 2.74 bits per heavy atom. The molecule has 2 nitrogen and oxygen atoms in total. The highest BCUT2D eigenvalue weighted by atomic mass is 79.9. The first-order valence-corrected chi connectivity index (χ1v) is 7.86. The Labute approximate surface area is 125 Å². The van der Waals surface area contributed by atoms with E-state index in [1.54, 1.807) is 0 Å². The molecule has 0 radical (unpaired) electrons. The van der Waals surface area contributed by atoms with E-state index in [1.807, 2.05) is 0 Å². The summed E-state index contributed by atoms with van der Waals surface area (Å²) in [6.45, 7) is 6.68. The molecule has 1 aromatic carbocycles. The van der Waals surface area contributed by atoms with Gasteiger partial charge in [0.2, 0.25) is 0 Å². The molecule has 0 bridgehead atoms. The van der Waals surface area contributed by atoms with Crippen LogP contribution in [0.2, 0.25) is 0 Å². The van der Waals surface area contributed by atoms with Gasteiger partial charge in [-0.05, 0) is 48.9 Å². The van der Waals surface area contributed by atoms with Crippen LogP contribution in [-0.2, 0) is 6.54 Å². The average molecular weight is 325 g/mol. The van der Waals surface area contributed by atoms with Crippen LogP contribution in [0.4, 0.5) is 0 Å². The smallest absolute Gasteiger partial charge is 0.0231 e. The molecular formula is C16H25BrN2. The number of hydrogen-bond donors (Lipinski definition) is 1. The van der Waals surface area contributed by atoms with E-state index in [9.17, 15) is 0 Å². The van der Waals surface area contributed by atoms with Gasteiger partial charge in [-0.15, -0.1) is 0 Å². The summed E-state index contributed by atoms with van der Waals surface area (Å²) in [5.41, 5.74) is 8.04. The van der Waals surface area contributed by atoms with Gasteiger partial charge in [-0.3, -0.25) is 0 Å². The van der Waals surface area contributed by atoms with E-state index in [0.29, 0.717) is 17.4 Å². The third-order valence-corrected chi connectivity index (χ3v) is 4.95. The van der Waals surface area contributed by atoms with E-state index >= 15 is 0 Å². The van der Waals surface area contributed by atoms with Crippen molar-refractivity contribution in [2.75, 3.05) is 13.6 Å². The van der Waals surface area contributed by atoms with Crippen molar-refractivity contribution in [3.8, 4) is 0 Å². The Balaban J connectivity index is 1.90. The number of benzene rings is 1. The highest BCUT2D eigenvalue weighted by molar-refractivity contribution is 9.10. The zero-order chi connectivity index (χ0) is 14.0. The van der Waals surface area contributed by atoms with E-state index in [1.165, 1.54) is 18.4 Å². The van der Waals surface area contributed by atoms with Crippen LogP contribution in [-0.4, -0.2) is 24.5 Å². The van der Waals surface area contributed by atoms with Crippen molar-refractivity contribution < 1.29 is 0 Å². The first-order chi connectivity index (χ1) is 8.88. The van der Waals surface area contributed by atoms with Crippen LogP contribution in [0.1, 0.15) is 32.3 Å². The number of halogens is 1. The molecule has 2 rings (SSSR count). The zero-order valence-corrected chi connectivity index (χ0v) is 13.8. The Morgan fingerprint density at radius 2 is 2.16 bits per heavy atom. The maximum Gasteiger partial charge on any atom is 0.0231 e. The summed E-state index contributed by atoms with van der Waals surface area (Å²) in [7, 11) is 2.19. The van der Waals surface area contributed by atoms with Crippen molar-refractivity contribution in [1.29, 1.82) is 0 Å². The van der Waals surface area contributed by atoms with Crippen molar-refractivity contribution in [2.24, 2.45) is 17.1 Å². The lowest BCUT2D eigenvalue weighted by Crippen LogP contribution is -2.41. The summed E-state index contributed by atoms with van der Waals surface area (Å²) >= 11 is 3.53. The van der Waals surface area contributed by atoms with Crippen molar-refractivity contribution >= 4 is 15.9 Å². The molecule has 2 N–H and O–H groups in total. The van der Waals surface area contributed by atoms with E-state index in [4.69, 9.17) is 5.73 Å². The maximum absolute atomic E-state index is 6.39. The molecule has 0 saturated heterocycles. The molecule has 0 spiro atoms. The molecule has 1 aliphatic carbocycles. The zero-order valence-electron chi connectivity index (χ0n) is 12.2. The van der Waals surface area contributed by atoms with Crippen LogP contribution in [0.5, 0.6) is 0 Å². The minimum Gasteiger partial charge on any atom is -0.327 e. The van der Waals surface area contributed by atoms with Crippen LogP contribution in [0.3, 0.4) is 0 Å². The molecule has 0 aromatic heterocycles. The van der Waals surface area contributed by atoms with E-state index < -0.39 is 0 Å². The molecule has 106 valence electrons. The minimum atomic E-state index is 0.307. The van der Waals surface area contributed by atoms with Gasteiger partial charge in [0.1, 0.15) is 0 Å². The summed E-state index contributed by atoms with van der Waals surface area (Å²) in [5, 5.41) is 0. The second-order valence-corrected chi connectivity index (χ2v) is 7.56. The van der Waals surface area contributed by atoms with Crippen LogP contribution in [0.15, 0.2) is 28.7 Å². The molecule has 1 aliphatic rings. The Kier molecular flexibility index (Phi) is 4.70. The largest absolute Gasteiger partial charge is 0.327 e. The fraction of sp³-hybridized carbons (Fsp3) is 0.625. The van der Waals surface area contributed by atoms with E-state index in [-0.39, 0.29) is 0 Å². The molecule has 2 atom stereocenters. The molecule has 3 heteroatoms. The summed E-state index contributed by atoms with van der Waals surface area (Å²) in [4.78, 5) is 2.40. The topological polar surface area (TPSA) is 29.3 Å². The molecule has 1 aromatic rings. The molecule has 19 heavy (non-hydrogen) atoms. The van der Waals surface area contributed by atoms with Crippen LogP contribution in [0, 0.1) is 11.3 Å². The summed E-state index contributed by atoms with van der Waals surface area (Å²) in [5.74, 6) is 0.632. The standard InChI is InChI=1S/C16H25BrN2/c1-16(2)8-7-13(15(16)18)11-19(3)10-12-5-4-6-14(17)9-12/h4-6,9,13,15H,7-8,10-11,18H2,1-3H3. The average Bonchev–Trinajstić information content (AvgIpc) is 2.56. The molecule has 0 amide bonds. The molecule has 1 fully saturated rings. The second kappa shape index (κ2) is 5.94. The van der Waals surface area contributed by atoms with E-state index in [2.05, 4.69) is 66.0 Å². The SMILES string of the molecule is CN(Cc1cccc(Br)c1)CC1CCC(C)(C)C1N. The summed E-state index contributed by atoms with van der Waals surface area (Å²) in [6.07, 6.45) is 2.51. The van der Waals surface area contributed by atoms with Crippen molar-refractivity contribution in [1.82, 2.24) is 4.90 Å². The van der Waals surface area contributed by atoms with Crippen LogP contribution >= 0.6 is 15.9 Å². The van der Waals surface area contributed by atoms with Crippen LogP contribution in [0.25, 0.3) is 0 Å². The first kappa shape index (κ1) is 15.0. The van der Waals surface area contributed by atoms with Gasteiger partial charge in [-0.2, -0.15) is 0 Å². The predicted molar refractivity (Wildman–Crippen MR) is 85.0 cm³/mol. The van der Waals surface area contributed by atoms with Gasteiger partial charge in [-0.25, -0.2) is 0 Å². The van der Waals surface area contributed by atoms with Crippen molar-refractivity contribution in [2.45, 2.75) is 39.3 Å². The van der Waals surface area contributed by atoms with Gasteiger partial charge in [0.25, 0.3) is 0 Å². The van der Waals surface area contributed by atoms with Gasteiger partial charge in [0.15, 0.2) is 0 Å². The van der Waals surface area contributed by atoms with Crippen LogP contribution < -0.4 is 5.73 Å². The third-order valence-electron chi connectivity index (χ3n) is 4.46. The molecule has 2 unspecified atom stereocenters. The summed E-state index contributed by atoms with van der Waals surface area (Å²) < 4.78 is 1.15. The number of nitrogens with two attached hydrogens (primary N) is 1. The lowest BCUT2D eigenvalue weighted by molar-refractivity contribution is 0.229. The fourth-order valence-corrected chi connectivity index (χ4v) is 3.61. The quantitative estimate of drug-likeness (QED) is 0.916. The summed E-state index contributed by atoms with van der Waals surface area (Å²) in [6, 6.07) is 8.86. The monoisotopic (exact) mass is 324 g/mol. The number of hydrogen-bond acceptors (Lipinski definition) is 2. The lowest BCUT2D eigenvalue weighted by Gasteiger charge is -2.29. The molecule has 0 heterocycles. The van der Waals surface area contributed by atoms with Gasteiger partial charge in [0.05, 0.1) is 0 Å².